The van der Waals surface area contributed by atoms with Crippen LogP contribution in [0.4, 0.5) is 5.69 Å². The molecule has 1 aliphatic carbocycles. The van der Waals surface area contributed by atoms with Gasteiger partial charge < -0.3 is 5.32 Å². The molecule has 1 N–H and O–H groups in total. The fourth-order valence-corrected chi connectivity index (χ4v) is 3.84. The molecule has 0 saturated heterocycles. The fourth-order valence-electron chi connectivity index (χ4n) is 3.84. The van der Waals surface area contributed by atoms with Crippen molar-refractivity contribution in [2.75, 3.05) is 12.4 Å². The molecule has 0 heterocycles. The molecule has 0 aromatic heterocycles. The van der Waals surface area contributed by atoms with E-state index in [0.29, 0.717) is 0 Å². The summed E-state index contributed by atoms with van der Waals surface area (Å²) in [5, 5.41) is 12.8. The summed E-state index contributed by atoms with van der Waals surface area (Å²) in [5.74, 6) is 0. The molecule has 2 aromatic carbocycles. The number of fused-ring (bicyclic) bond motifs is 1. The number of nitrogens with zero attached hydrogens (tertiary/aromatic N) is 1. The number of rotatable bonds is 4. The van der Waals surface area contributed by atoms with Crippen molar-refractivity contribution < 1.29 is 0 Å². The number of aryl methyl sites for hydroxylation is 2. The molecule has 0 atom stereocenters. The lowest BCUT2D eigenvalue weighted by Crippen LogP contribution is -2.03. The summed E-state index contributed by atoms with van der Waals surface area (Å²) in [6.07, 6.45) is 7.86. The summed E-state index contributed by atoms with van der Waals surface area (Å²) in [5.41, 5.74) is 9.68. The molecular formula is C23H26N2. The minimum atomic E-state index is 0.786. The van der Waals surface area contributed by atoms with Crippen molar-refractivity contribution in [1.82, 2.24) is 0 Å². The van der Waals surface area contributed by atoms with Crippen LogP contribution in [0.15, 0.2) is 36.4 Å². The quantitative estimate of drug-likeness (QED) is 0.788. The Morgan fingerprint density at radius 1 is 1.20 bits per heavy atom. The average Bonchev–Trinajstić information content (AvgIpc) is 2.83. The molecule has 25 heavy (non-hydrogen) atoms. The van der Waals surface area contributed by atoms with Gasteiger partial charge in [-0.3, -0.25) is 0 Å². The van der Waals surface area contributed by atoms with Gasteiger partial charge in [0.15, 0.2) is 0 Å². The monoisotopic (exact) mass is 330 g/mol. The molecule has 0 saturated carbocycles. The Kier molecular flexibility index (Phi) is 5.24. The van der Waals surface area contributed by atoms with E-state index in [9.17, 15) is 5.26 Å². The van der Waals surface area contributed by atoms with Crippen LogP contribution >= 0.6 is 0 Å². The van der Waals surface area contributed by atoms with Crippen molar-refractivity contribution >= 4 is 11.3 Å². The molecule has 1 aliphatic rings. The molecule has 0 spiro atoms. The first-order chi connectivity index (χ1) is 12.2. The standard InChI is InChI=1S/C23H26N2/c1-4-8-21-19(11-7-12-23(21)25-3)20-10-6-5-9-17-13-16(2)18(15-24)14-22(17)20/h7,10-14,25H,4-6,8-9H2,1-3H3. The Bertz CT molecular complexity index is 853. The number of anilines is 1. The summed E-state index contributed by atoms with van der Waals surface area (Å²) in [6.45, 7) is 4.26. The van der Waals surface area contributed by atoms with Crippen molar-refractivity contribution in [3.63, 3.8) is 0 Å². The van der Waals surface area contributed by atoms with Crippen LogP contribution in [0.2, 0.25) is 0 Å². The Balaban J connectivity index is 2.23. The van der Waals surface area contributed by atoms with Crippen LogP contribution in [0.3, 0.4) is 0 Å². The zero-order valence-electron chi connectivity index (χ0n) is 15.4. The van der Waals surface area contributed by atoms with Crippen LogP contribution in [-0.2, 0) is 12.8 Å². The number of nitrogens with one attached hydrogen (secondary N) is 1. The Hall–Kier alpha value is -2.53. The minimum Gasteiger partial charge on any atom is -0.388 e. The van der Waals surface area contributed by atoms with Gasteiger partial charge in [-0.2, -0.15) is 5.26 Å². The molecule has 0 bridgehead atoms. The summed E-state index contributed by atoms with van der Waals surface area (Å²) < 4.78 is 0. The summed E-state index contributed by atoms with van der Waals surface area (Å²) >= 11 is 0. The molecule has 2 heteroatoms. The highest BCUT2D eigenvalue weighted by Gasteiger charge is 2.18. The van der Waals surface area contributed by atoms with Gasteiger partial charge in [-0.05, 0) is 78.1 Å². The Morgan fingerprint density at radius 2 is 2.04 bits per heavy atom. The minimum absolute atomic E-state index is 0.786. The van der Waals surface area contributed by atoms with Gasteiger partial charge in [0.1, 0.15) is 0 Å². The van der Waals surface area contributed by atoms with Crippen molar-refractivity contribution in [3.8, 4) is 6.07 Å². The molecule has 2 aromatic rings. The van der Waals surface area contributed by atoms with Crippen LogP contribution in [0.25, 0.3) is 5.57 Å². The molecule has 3 rings (SSSR count). The van der Waals surface area contributed by atoms with Crippen molar-refractivity contribution in [1.29, 1.82) is 5.26 Å². The Labute approximate surface area is 151 Å². The van der Waals surface area contributed by atoms with Crippen LogP contribution < -0.4 is 5.32 Å². The fraction of sp³-hybridized carbons (Fsp3) is 0.348. The van der Waals surface area contributed by atoms with Gasteiger partial charge >= 0.3 is 0 Å². The second-order valence-electron chi connectivity index (χ2n) is 6.78. The average molecular weight is 330 g/mol. The highest BCUT2D eigenvalue weighted by molar-refractivity contribution is 5.86. The highest BCUT2D eigenvalue weighted by atomic mass is 14.8. The lowest BCUT2D eigenvalue weighted by Gasteiger charge is -2.19. The van der Waals surface area contributed by atoms with E-state index in [1.165, 1.54) is 33.5 Å². The van der Waals surface area contributed by atoms with Gasteiger partial charge in [0.2, 0.25) is 0 Å². The lowest BCUT2D eigenvalue weighted by atomic mass is 9.87. The van der Waals surface area contributed by atoms with Crippen LogP contribution in [0, 0.1) is 18.3 Å². The summed E-state index contributed by atoms with van der Waals surface area (Å²) in [6, 6.07) is 13.2. The number of allylic oxidation sites excluding steroid dienone is 1. The summed E-state index contributed by atoms with van der Waals surface area (Å²) in [4.78, 5) is 0. The maximum absolute atomic E-state index is 9.49. The second-order valence-corrected chi connectivity index (χ2v) is 6.78. The number of hydrogen-bond donors (Lipinski definition) is 1. The van der Waals surface area contributed by atoms with E-state index in [1.807, 2.05) is 14.0 Å². The topological polar surface area (TPSA) is 35.8 Å². The van der Waals surface area contributed by atoms with Gasteiger partial charge in [0.05, 0.1) is 11.6 Å². The zero-order chi connectivity index (χ0) is 17.8. The third-order valence-corrected chi connectivity index (χ3v) is 5.10. The zero-order valence-corrected chi connectivity index (χ0v) is 15.4. The van der Waals surface area contributed by atoms with Crippen molar-refractivity contribution in [2.45, 2.75) is 46.0 Å². The molecule has 0 aliphatic heterocycles. The van der Waals surface area contributed by atoms with Crippen molar-refractivity contribution in [3.05, 3.63) is 69.8 Å². The van der Waals surface area contributed by atoms with Gasteiger partial charge in [-0.1, -0.05) is 37.6 Å². The highest BCUT2D eigenvalue weighted by Crippen LogP contribution is 2.36. The maximum atomic E-state index is 9.49. The van der Waals surface area contributed by atoms with E-state index < -0.39 is 0 Å². The summed E-state index contributed by atoms with van der Waals surface area (Å²) in [7, 11) is 1.99. The van der Waals surface area contributed by atoms with Gasteiger partial charge in [0, 0.05) is 12.7 Å². The smallest absolute Gasteiger partial charge is 0.0994 e. The number of nitriles is 1. The first-order valence-corrected chi connectivity index (χ1v) is 9.23. The molecular weight excluding hydrogens is 304 g/mol. The predicted molar refractivity (Wildman–Crippen MR) is 106 cm³/mol. The molecule has 0 fully saturated rings. The largest absolute Gasteiger partial charge is 0.388 e. The molecule has 128 valence electrons. The van der Waals surface area contributed by atoms with Gasteiger partial charge in [-0.25, -0.2) is 0 Å². The SMILES string of the molecule is CCCc1c(NC)cccc1C1=CCCCc2cc(C)c(C#N)cc21. The first kappa shape index (κ1) is 17.3. The first-order valence-electron chi connectivity index (χ1n) is 9.23. The molecule has 2 nitrogen and oxygen atoms in total. The van der Waals surface area contributed by atoms with Gasteiger partial charge in [-0.15, -0.1) is 0 Å². The van der Waals surface area contributed by atoms with E-state index in [1.54, 1.807) is 0 Å². The molecule has 0 amide bonds. The van der Waals surface area contributed by atoms with E-state index >= 15 is 0 Å². The van der Waals surface area contributed by atoms with Crippen LogP contribution in [0.5, 0.6) is 0 Å². The van der Waals surface area contributed by atoms with Crippen LogP contribution in [-0.4, -0.2) is 7.05 Å². The van der Waals surface area contributed by atoms with Gasteiger partial charge in [0.25, 0.3) is 0 Å². The normalized spacial score (nSPS) is 13.4. The molecule has 0 radical (unpaired) electrons. The predicted octanol–water partition coefficient (Wildman–Crippen LogP) is 5.63. The third-order valence-electron chi connectivity index (χ3n) is 5.10. The van der Waals surface area contributed by atoms with E-state index in [2.05, 4.69) is 54.7 Å². The van der Waals surface area contributed by atoms with Crippen LogP contribution in [0.1, 0.15) is 59.6 Å². The maximum Gasteiger partial charge on any atom is 0.0994 e. The van der Waals surface area contributed by atoms with E-state index in [4.69, 9.17) is 0 Å². The number of benzene rings is 2. The Morgan fingerprint density at radius 3 is 2.76 bits per heavy atom. The second kappa shape index (κ2) is 7.57. The molecule has 0 unspecified atom stereocenters. The number of hydrogen-bond acceptors (Lipinski definition) is 2. The lowest BCUT2D eigenvalue weighted by molar-refractivity contribution is 0.850. The van der Waals surface area contributed by atoms with E-state index in [0.717, 1.165) is 43.2 Å². The third kappa shape index (κ3) is 3.33. The van der Waals surface area contributed by atoms with Crippen molar-refractivity contribution in [2.24, 2.45) is 0 Å². The van der Waals surface area contributed by atoms with E-state index in [-0.39, 0.29) is 0 Å².